The second kappa shape index (κ2) is 6.61. The van der Waals surface area contributed by atoms with E-state index in [0.29, 0.717) is 25.8 Å². The van der Waals surface area contributed by atoms with Gasteiger partial charge >= 0.3 is 5.97 Å². The quantitative estimate of drug-likeness (QED) is 0.902. The molecule has 21 heavy (non-hydrogen) atoms. The van der Waals surface area contributed by atoms with Crippen molar-refractivity contribution in [3.05, 3.63) is 29.8 Å². The Balaban J connectivity index is 1.92. The van der Waals surface area contributed by atoms with Gasteiger partial charge in [0.15, 0.2) is 0 Å². The average Bonchev–Trinajstić information content (AvgIpc) is 2.97. The maximum Gasteiger partial charge on any atom is 0.306 e. The average molecular weight is 291 g/mol. The Morgan fingerprint density at radius 2 is 1.86 bits per heavy atom. The van der Waals surface area contributed by atoms with Gasteiger partial charge in [-0.3, -0.25) is 9.59 Å². The van der Waals surface area contributed by atoms with E-state index in [0.717, 1.165) is 11.3 Å². The standard InChI is InChI=1S/C16H21NO4/c1-17(10-11-3-7-14(21-2)8-4-11)15(18)12-5-6-13(9-12)16(19)20/h3-4,7-8,12-13H,5-6,9-10H2,1-2H3,(H,19,20). The molecule has 0 heterocycles. The monoisotopic (exact) mass is 291 g/mol. The lowest BCUT2D eigenvalue weighted by molar-refractivity contribution is -0.141. The lowest BCUT2D eigenvalue weighted by atomic mass is 10.0. The van der Waals surface area contributed by atoms with Gasteiger partial charge in [0.25, 0.3) is 0 Å². The van der Waals surface area contributed by atoms with E-state index in [-0.39, 0.29) is 17.7 Å². The van der Waals surface area contributed by atoms with Crippen LogP contribution >= 0.6 is 0 Å². The first-order chi connectivity index (χ1) is 10.0. The number of carboxylic acids is 1. The Labute approximate surface area is 124 Å². The smallest absolute Gasteiger partial charge is 0.306 e. The summed E-state index contributed by atoms with van der Waals surface area (Å²) in [5.41, 5.74) is 1.03. The molecular formula is C16H21NO4. The van der Waals surface area contributed by atoms with Gasteiger partial charge < -0.3 is 14.7 Å². The molecule has 2 atom stereocenters. The molecule has 1 N–H and O–H groups in total. The van der Waals surface area contributed by atoms with Gasteiger partial charge in [0.05, 0.1) is 13.0 Å². The molecule has 5 nitrogen and oxygen atoms in total. The van der Waals surface area contributed by atoms with Crippen LogP contribution in [0.1, 0.15) is 24.8 Å². The highest BCUT2D eigenvalue weighted by molar-refractivity contribution is 5.80. The summed E-state index contributed by atoms with van der Waals surface area (Å²) in [6.07, 6.45) is 1.73. The van der Waals surface area contributed by atoms with Gasteiger partial charge in [-0.1, -0.05) is 12.1 Å². The Hall–Kier alpha value is -2.04. The second-order valence-electron chi connectivity index (χ2n) is 5.59. The van der Waals surface area contributed by atoms with E-state index in [9.17, 15) is 9.59 Å². The summed E-state index contributed by atoms with van der Waals surface area (Å²) < 4.78 is 5.10. The minimum Gasteiger partial charge on any atom is -0.497 e. The number of ether oxygens (including phenoxy) is 1. The highest BCUT2D eigenvalue weighted by Crippen LogP contribution is 2.32. The minimum absolute atomic E-state index is 0.0366. The first-order valence-corrected chi connectivity index (χ1v) is 7.12. The van der Waals surface area contributed by atoms with E-state index >= 15 is 0 Å². The van der Waals surface area contributed by atoms with Crippen LogP contribution in [0, 0.1) is 11.8 Å². The zero-order chi connectivity index (χ0) is 15.4. The predicted molar refractivity (Wildman–Crippen MR) is 77.9 cm³/mol. The van der Waals surface area contributed by atoms with Gasteiger partial charge in [0, 0.05) is 19.5 Å². The first-order valence-electron chi connectivity index (χ1n) is 7.12. The number of rotatable bonds is 5. The third-order valence-corrected chi connectivity index (χ3v) is 4.09. The molecule has 1 saturated carbocycles. The molecule has 0 aromatic heterocycles. The summed E-state index contributed by atoms with van der Waals surface area (Å²) in [5, 5.41) is 9.00. The molecule has 1 aliphatic carbocycles. The van der Waals surface area contributed by atoms with Crippen LogP contribution in [0.15, 0.2) is 24.3 Å². The van der Waals surface area contributed by atoms with Crippen molar-refractivity contribution >= 4 is 11.9 Å². The van der Waals surface area contributed by atoms with E-state index in [1.165, 1.54) is 0 Å². The third-order valence-electron chi connectivity index (χ3n) is 4.09. The summed E-state index contributed by atoms with van der Waals surface area (Å²) in [4.78, 5) is 25.0. The topological polar surface area (TPSA) is 66.8 Å². The number of carbonyl (C=O) groups excluding carboxylic acids is 1. The summed E-state index contributed by atoms with van der Waals surface area (Å²) in [5.74, 6) is -0.492. The van der Waals surface area contributed by atoms with Crippen LogP contribution in [0.25, 0.3) is 0 Å². The molecule has 2 rings (SSSR count). The fourth-order valence-corrected chi connectivity index (χ4v) is 2.82. The van der Waals surface area contributed by atoms with Gasteiger partial charge in [0.1, 0.15) is 5.75 Å². The molecule has 1 aliphatic rings. The van der Waals surface area contributed by atoms with Gasteiger partial charge in [-0.25, -0.2) is 0 Å². The van der Waals surface area contributed by atoms with E-state index in [4.69, 9.17) is 9.84 Å². The van der Waals surface area contributed by atoms with E-state index in [1.54, 1.807) is 19.1 Å². The lowest BCUT2D eigenvalue weighted by Crippen LogP contribution is -2.31. The zero-order valence-electron chi connectivity index (χ0n) is 12.4. The Morgan fingerprint density at radius 3 is 2.38 bits per heavy atom. The first kappa shape index (κ1) is 15.4. The maximum absolute atomic E-state index is 12.3. The Bertz CT molecular complexity index is 512. The number of aliphatic carboxylic acids is 1. The van der Waals surface area contributed by atoms with Crippen LogP contribution < -0.4 is 4.74 Å². The molecule has 0 radical (unpaired) electrons. The maximum atomic E-state index is 12.3. The molecule has 1 amide bonds. The highest BCUT2D eigenvalue weighted by atomic mass is 16.5. The van der Waals surface area contributed by atoms with E-state index < -0.39 is 5.97 Å². The minimum atomic E-state index is -0.789. The lowest BCUT2D eigenvalue weighted by Gasteiger charge is -2.21. The van der Waals surface area contributed by atoms with Crippen LogP contribution in [0.3, 0.4) is 0 Å². The van der Waals surface area contributed by atoms with Gasteiger partial charge in [0.2, 0.25) is 5.91 Å². The highest BCUT2D eigenvalue weighted by Gasteiger charge is 2.35. The van der Waals surface area contributed by atoms with Gasteiger partial charge in [-0.2, -0.15) is 0 Å². The molecule has 0 bridgehead atoms. The summed E-state index contributed by atoms with van der Waals surface area (Å²) >= 11 is 0. The van der Waals surface area contributed by atoms with Crippen molar-refractivity contribution in [1.82, 2.24) is 4.90 Å². The Morgan fingerprint density at radius 1 is 1.24 bits per heavy atom. The number of benzene rings is 1. The molecule has 2 unspecified atom stereocenters. The molecule has 5 heteroatoms. The Kier molecular flexibility index (Phi) is 4.83. The van der Waals surface area contributed by atoms with Crippen molar-refractivity contribution < 1.29 is 19.4 Å². The normalized spacial score (nSPS) is 21.0. The predicted octanol–water partition coefficient (Wildman–Crippen LogP) is 2.15. The fourth-order valence-electron chi connectivity index (χ4n) is 2.82. The summed E-state index contributed by atoms with van der Waals surface area (Å²) in [7, 11) is 3.38. The number of methoxy groups -OCH3 is 1. The van der Waals surface area contributed by atoms with Crippen LogP contribution in [-0.4, -0.2) is 36.0 Å². The molecule has 114 valence electrons. The van der Waals surface area contributed by atoms with E-state index in [1.807, 2.05) is 24.3 Å². The van der Waals surface area contributed by atoms with E-state index in [2.05, 4.69) is 0 Å². The van der Waals surface area contributed by atoms with Crippen molar-refractivity contribution in [3.63, 3.8) is 0 Å². The van der Waals surface area contributed by atoms with Crippen LogP contribution in [0.5, 0.6) is 5.75 Å². The van der Waals surface area contributed by atoms with Crippen molar-refractivity contribution in [3.8, 4) is 5.75 Å². The third kappa shape index (κ3) is 3.74. The fraction of sp³-hybridized carbons (Fsp3) is 0.500. The number of hydrogen-bond donors (Lipinski definition) is 1. The molecule has 1 aromatic carbocycles. The van der Waals surface area contributed by atoms with Gasteiger partial charge in [-0.15, -0.1) is 0 Å². The number of amides is 1. The van der Waals surface area contributed by atoms with Crippen molar-refractivity contribution in [1.29, 1.82) is 0 Å². The van der Waals surface area contributed by atoms with Crippen LogP contribution in [0.2, 0.25) is 0 Å². The summed E-state index contributed by atoms with van der Waals surface area (Å²) in [6.45, 7) is 0.525. The number of hydrogen-bond acceptors (Lipinski definition) is 3. The molecule has 0 saturated heterocycles. The second-order valence-corrected chi connectivity index (χ2v) is 5.59. The van der Waals surface area contributed by atoms with Crippen molar-refractivity contribution in [2.24, 2.45) is 11.8 Å². The van der Waals surface area contributed by atoms with Crippen molar-refractivity contribution in [2.75, 3.05) is 14.2 Å². The number of nitrogens with zero attached hydrogens (tertiary/aromatic N) is 1. The SMILES string of the molecule is COc1ccc(CN(C)C(=O)C2CCC(C(=O)O)C2)cc1. The molecule has 1 aromatic rings. The van der Waals surface area contributed by atoms with Gasteiger partial charge in [-0.05, 0) is 37.0 Å². The number of carboxylic acid groups (broad SMARTS) is 1. The summed E-state index contributed by atoms with van der Waals surface area (Å²) in [6, 6.07) is 7.59. The molecular weight excluding hydrogens is 270 g/mol. The molecule has 0 aliphatic heterocycles. The largest absolute Gasteiger partial charge is 0.497 e. The molecule has 1 fully saturated rings. The number of carbonyl (C=O) groups is 2. The zero-order valence-corrected chi connectivity index (χ0v) is 12.4. The molecule has 0 spiro atoms. The van der Waals surface area contributed by atoms with Crippen LogP contribution in [-0.2, 0) is 16.1 Å². The van der Waals surface area contributed by atoms with Crippen molar-refractivity contribution in [2.45, 2.75) is 25.8 Å². The van der Waals surface area contributed by atoms with Crippen LogP contribution in [0.4, 0.5) is 0 Å².